The number of aryl methyl sites for hydroxylation is 1. The zero-order valence-corrected chi connectivity index (χ0v) is 13.0. The quantitative estimate of drug-likeness (QED) is 0.634. The van der Waals surface area contributed by atoms with Crippen LogP contribution in [0.15, 0.2) is 9.64 Å². The Labute approximate surface area is 123 Å². The minimum atomic E-state index is -0.528. The van der Waals surface area contributed by atoms with Crippen LogP contribution in [-0.4, -0.2) is 41.6 Å². The van der Waals surface area contributed by atoms with Crippen molar-refractivity contribution in [2.24, 2.45) is 5.92 Å². The number of hydrogen-bond donors (Lipinski definition) is 1. The van der Waals surface area contributed by atoms with Gasteiger partial charge in [0.05, 0.1) is 7.11 Å². The molecule has 0 spiro atoms. The number of carbonyl (C=O) groups excluding carboxylic acids is 1. The molecule has 0 aromatic carbocycles. The van der Waals surface area contributed by atoms with Crippen molar-refractivity contribution in [3.8, 4) is 0 Å². The average Bonchev–Trinajstić information content (AvgIpc) is 3.05. The number of esters is 1. The standard InChI is InChI=1S/C13H21N3O3S/c1-9-15-16-12(19-9)20-8-6-10-5-4-7-13(10,14-2)11(17)18-3/h10,14H,4-8H2,1-3H3. The molecule has 0 bridgehead atoms. The van der Waals surface area contributed by atoms with Gasteiger partial charge < -0.3 is 14.5 Å². The van der Waals surface area contributed by atoms with Gasteiger partial charge in [-0.3, -0.25) is 4.79 Å². The minimum absolute atomic E-state index is 0.152. The fraction of sp³-hybridized carbons (Fsp3) is 0.769. The summed E-state index contributed by atoms with van der Waals surface area (Å²) < 4.78 is 10.3. The molecule has 0 saturated heterocycles. The van der Waals surface area contributed by atoms with Crippen LogP contribution >= 0.6 is 11.8 Å². The molecule has 1 aliphatic carbocycles. The molecule has 1 N–H and O–H groups in total. The Morgan fingerprint density at radius 1 is 1.60 bits per heavy atom. The van der Waals surface area contributed by atoms with Gasteiger partial charge in [-0.1, -0.05) is 18.2 Å². The number of ether oxygens (including phenoxy) is 1. The van der Waals surface area contributed by atoms with Crippen molar-refractivity contribution in [3.05, 3.63) is 5.89 Å². The number of likely N-dealkylation sites (N-methyl/N-ethyl adjacent to an activating group) is 1. The maximum atomic E-state index is 12.1. The van der Waals surface area contributed by atoms with Crippen LogP contribution in [0.3, 0.4) is 0 Å². The van der Waals surface area contributed by atoms with Gasteiger partial charge in [0.25, 0.3) is 5.22 Å². The minimum Gasteiger partial charge on any atom is -0.468 e. The SMILES string of the molecule is CNC1(C(=O)OC)CCCC1CCSc1nnc(C)o1. The number of rotatable bonds is 6. The predicted octanol–water partition coefficient (Wildman–Crippen LogP) is 1.79. The van der Waals surface area contributed by atoms with Gasteiger partial charge in [0.2, 0.25) is 5.89 Å². The highest BCUT2D eigenvalue weighted by Crippen LogP contribution is 2.39. The van der Waals surface area contributed by atoms with Crippen LogP contribution in [0.4, 0.5) is 0 Å². The van der Waals surface area contributed by atoms with Gasteiger partial charge >= 0.3 is 5.97 Å². The fourth-order valence-corrected chi connectivity index (χ4v) is 3.83. The predicted molar refractivity (Wildman–Crippen MR) is 75.5 cm³/mol. The Morgan fingerprint density at radius 3 is 3.00 bits per heavy atom. The van der Waals surface area contributed by atoms with E-state index in [4.69, 9.17) is 9.15 Å². The molecule has 1 fully saturated rings. The lowest BCUT2D eigenvalue weighted by Crippen LogP contribution is -2.53. The van der Waals surface area contributed by atoms with Crippen LogP contribution < -0.4 is 5.32 Å². The molecule has 1 aliphatic rings. The van der Waals surface area contributed by atoms with Crippen molar-refractivity contribution >= 4 is 17.7 Å². The average molecular weight is 299 g/mol. The summed E-state index contributed by atoms with van der Waals surface area (Å²) in [6.07, 6.45) is 3.84. The number of nitrogens with zero attached hydrogens (tertiary/aromatic N) is 2. The van der Waals surface area contributed by atoms with Gasteiger partial charge in [0.15, 0.2) is 0 Å². The van der Waals surface area contributed by atoms with Crippen LogP contribution in [0, 0.1) is 12.8 Å². The zero-order valence-electron chi connectivity index (χ0n) is 12.1. The molecule has 1 aromatic heterocycles. The van der Waals surface area contributed by atoms with E-state index in [1.807, 2.05) is 7.05 Å². The molecule has 2 atom stereocenters. The smallest absolute Gasteiger partial charge is 0.326 e. The second kappa shape index (κ2) is 6.58. The van der Waals surface area contributed by atoms with Gasteiger partial charge in [-0.05, 0) is 32.2 Å². The van der Waals surface area contributed by atoms with E-state index in [0.29, 0.717) is 11.1 Å². The van der Waals surface area contributed by atoms with Crippen LogP contribution in [-0.2, 0) is 9.53 Å². The molecule has 0 amide bonds. The Kier molecular flexibility index (Phi) is 5.04. The Morgan fingerprint density at radius 2 is 2.40 bits per heavy atom. The topological polar surface area (TPSA) is 77.2 Å². The van der Waals surface area contributed by atoms with Crippen LogP contribution in [0.2, 0.25) is 0 Å². The molecule has 20 heavy (non-hydrogen) atoms. The monoisotopic (exact) mass is 299 g/mol. The zero-order chi connectivity index (χ0) is 14.6. The molecule has 1 saturated carbocycles. The van der Waals surface area contributed by atoms with Crippen LogP contribution in [0.5, 0.6) is 0 Å². The Balaban J connectivity index is 1.92. The highest BCUT2D eigenvalue weighted by molar-refractivity contribution is 7.99. The maximum Gasteiger partial charge on any atom is 0.326 e. The lowest BCUT2D eigenvalue weighted by Gasteiger charge is -2.32. The van der Waals surface area contributed by atoms with E-state index in [-0.39, 0.29) is 11.9 Å². The van der Waals surface area contributed by atoms with E-state index in [2.05, 4.69) is 15.5 Å². The van der Waals surface area contributed by atoms with Crippen molar-refractivity contribution in [2.75, 3.05) is 19.9 Å². The highest BCUT2D eigenvalue weighted by atomic mass is 32.2. The first-order valence-corrected chi connectivity index (χ1v) is 7.81. The largest absolute Gasteiger partial charge is 0.468 e. The molecule has 0 radical (unpaired) electrons. The lowest BCUT2D eigenvalue weighted by atomic mass is 9.85. The second-order valence-electron chi connectivity index (χ2n) is 5.03. The van der Waals surface area contributed by atoms with Gasteiger partial charge in [-0.25, -0.2) is 0 Å². The molecule has 2 unspecified atom stereocenters. The number of aromatic nitrogens is 2. The van der Waals surface area contributed by atoms with E-state index in [1.165, 1.54) is 18.9 Å². The number of hydrogen-bond acceptors (Lipinski definition) is 7. The lowest BCUT2D eigenvalue weighted by molar-refractivity contribution is -0.150. The molecular weight excluding hydrogens is 278 g/mol. The van der Waals surface area contributed by atoms with E-state index < -0.39 is 5.54 Å². The summed E-state index contributed by atoms with van der Waals surface area (Å²) >= 11 is 1.54. The highest BCUT2D eigenvalue weighted by Gasteiger charge is 2.48. The van der Waals surface area contributed by atoms with E-state index in [1.54, 1.807) is 6.92 Å². The van der Waals surface area contributed by atoms with Gasteiger partial charge in [0.1, 0.15) is 5.54 Å². The number of methoxy groups -OCH3 is 1. The molecule has 2 rings (SSSR count). The second-order valence-corrected chi connectivity index (χ2v) is 6.07. The number of carbonyl (C=O) groups is 1. The third-order valence-electron chi connectivity index (χ3n) is 4.02. The summed E-state index contributed by atoms with van der Waals surface area (Å²) in [5.41, 5.74) is -0.528. The third kappa shape index (κ3) is 2.98. The Hall–Kier alpha value is -1.08. The molecule has 1 aromatic rings. The molecule has 112 valence electrons. The molecule has 1 heterocycles. The third-order valence-corrected chi connectivity index (χ3v) is 4.87. The van der Waals surface area contributed by atoms with Crippen molar-refractivity contribution in [2.45, 2.75) is 43.4 Å². The van der Waals surface area contributed by atoms with E-state index >= 15 is 0 Å². The summed E-state index contributed by atoms with van der Waals surface area (Å²) in [4.78, 5) is 12.1. The maximum absolute atomic E-state index is 12.1. The number of thioether (sulfide) groups is 1. The van der Waals surface area contributed by atoms with Crippen molar-refractivity contribution in [1.82, 2.24) is 15.5 Å². The van der Waals surface area contributed by atoms with Gasteiger partial charge in [-0.2, -0.15) is 0 Å². The fourth-order valence-electron chi connectivity index (χ4n) is 2.98. The van der Waals surface area contributed by atoms with Crippen LogP contribution in [0.1, 0.15) is 31.6 Å². The first-order valence-electron chi connectivity index (χ1n) is 6.82. The normalized spacial score (nSPS) is 25.9. The first kappa shape index (κ1) is 15.3. The Bertz CT molecular complexity index is 465. The molecular formula is C13H21N3O3S. The van der Waals surface area contributed by atoms with Crippen molar-refractivity contribution in [1.29, 1.82) is 0 Å². The molecule has 6 nitrogen and oxygen atoms in total. The summed E-state index contributed by atoms with van der Waals surface area (Å²) in [7, 11) is 3.29. The van der Waals surface area contributed by atoms with Crippen molar-refractivity contribution in [3.63, 3.8) is 0 Å². The van der Waals surface area contributed by atoms with Gasteiger partial charge in [-0.15, -0.1) is 10.2 Å². The molecule has 7 heteroatoms. The summed E-state index contributed by atoms with van der Waals surface area (Å²) in [5.74, 6) is 1.57. The van der Waals surface area contributed by atoms with E-state index in [0.717, 1.165) is 31.4 Å². The molecule has 0 aliphatic heterocycles. The summed E-state index contributed by atoms with van der Waals surface area (Å²) in [6, 6.07) is 0. The van der Waals surface area contributed by atoms with Crippen LogP contribution in [0.25, 0.3) is 0 Å². The summed E-state index contributed by atoms with van der Waals surface area (Å²) in [5, 5.41) is 11.5. The number of nitrogens with one attached hydrogen (secondary N) is 1. The van der Waals surface area contributed by atoms with Crippen molar-refractivity contribution < 1.29 is 13.9 Å². The summed E-state index contributed by atoms with van der Waals surface area (Å²) in [6.45, 7) is 1.78. The first-order chi connectivity index (χ1) is 9.62. The van der Waals surface area contributed by atoms with Gasteiger partial charge in [0, 0.05) is 12.7 Å². The van der Waals surface area contributed by atoms with E-state index in [9.17, 15) is 4.79 Å².